The highest BCUT2D eigenvalue weighted by atomic mass is 35.5. The van der Waals surface area contributed by atoms with Crippen molar-refractivity contribution < 1.29 is 9.59 Å². The minimum absolute atomic E-state index is 0. The number of thiazole rings is 1. The van der Waals surface area contributed by atoms with Gasteiger partial charge in [0, 0.05) is 19.4 Å². The Kier molecular flexibility index (Phi) is 6.94. The van der Waals surface area contributed by atoms with Crippen LogP contribution in [0.5, 0.6) is 0 Å². The summed E-state index contributed by atoms with van der Waals surface area (Å²) in [5.41, 5.74) is 0. The normalized spacial score (nSPS) is 11.5. The average Bonchev–Trinajstić information content (AvgIpc) is 2.66. The molecule has 0 aliphatic carbocycles. The first-order chi connectivity index (χ1) is 7.54. The van der Waals surface area contributed by atoms with Crippen molar-refractivity contribution in [3.63, 3.8) is 0 Å². The number of amides is 1. The number of ketones is 1. The fourth-order valence-corrected chi connectivity index (χ4v) is 1.84. The van der Waals surface area contributed by atoms with Crippen molar-refractivity contribution in [2.45, 2.75) is 13.8 Å². The van der Waals surface area contributed by atoms with Crippen LogP contribution in [0.4, 0.5) is 5.13 Å². The van der Waals surface area contributed by atoms with Gasteiger partial charge in [-0.15, -0.1) is 12.4 Å². The summed E-state index contributed by atoms with van der Waals surface area (Å²) in [6, 6.07) is 0. The van der Waals surface area contributed by atoms with Crippen molar-refractivity contribution in [3.05, 3.63) is 11.1 Å². The highest BCUT2D eigenvalue weighted by Crippen LogP contribution is 2.18. The van der Waals surface area contributed by atoms with Crippen LogP contribution < -0.4 is 10.6 Å². The maximum absolute atomic E-state index is 11.6. The second kappa shape index (κ2) is 7.37. The van der Waals surface area contributed by atoms with Gasteiger partial charge in [0.2, 0.25) is 5.91 Å². The maximum Gasteiger partial charge on any atom is 0.230 e. The van der Waals surface area contributed by atoms with Gasteiger partial charge in [-0.05, 0) is 7.05 Å². The summed E-state index contributed by atoms with van der Waals surface area (Å²) >= 11 is 1.19. The molecule has 0 aliphatic heterocycles. The first-order valence-electron chi connectivity index (χ1n) is 4.96. The second-order valence-electron chi connectivity index (χ2n) is 3.53. The molecule has 7 heteroatoms. The monoisotopic (exact) mass is 277 g/mol. The topological polar surface area (TPSA) is 71.1 Å². The first-order valence-corrected chi connectivity index (χ1v) is 5.78. The number of aromatic nitrogens is 1. The molecule has 1 amide bonds. The van der Waals surface area contributed by atoms with Gasteiger partial charge in [-0.3, -0.25) is 9.59 Å². The fourth-order valence-electron chi connectivity index (χ4n) is 1.12. The lowest BCUT2D eigenvalue weighted by atomic mass is 10.2. The Hall–Kier alpha value is -0.980. The molecule has 1 atom stereocenters. The SMILES string of the molecule is CNCC(C)C(=O)Nc1ncc(C(C)=O)s1.Cl. The summed E-state index contributed by atoms with van der Waals surface area (Å²) in [4.78, 5) is 27.2. The van der Waals surface area contributed by atoms with Crippen LogP contribution in [0.25, 0.3) is 0 Å². The Morgan fingerprint density at radius 3 is 2.65 bits per heavy atom. The lowest BCUT2D eigenvalue weighted by molar-refractivity contribution is -0.119. The molecule has 96 valence electrons. The Labute approximate surface area is 110 Å². The molecule has 0 aliphatic rings. The fraction of sp³-hybridized carbons (Fsp3) is 0.500. The van der Waals surface area contributed by atoms with E-state index in [4.69, 9.17) is 0 Å². The van der Waals surface area contributed by atoms with E-state index in [1.54, 1.807) is 7.05 Å². The lowest BCUT2D eigenvalue weighted by Gasteiger charge is -2.08. The molecular formula is C10H16ClN3O2S. The number of nitrogens with one attached hydrogen (secondary N) is 2. The first kappa shape index (κ1) is 16.0. The van der Waals surface area contributed by atoms with Crippen molar-refractivity contribution >= 4 is 40.6 Å². The number of anilines is 1. The molecule has 1 aromatic heterocycles. The van der Waals surface area contributed by atoms with Gasteiger partial charge in [-0.25, -0.2) is 4.98 Å². The van der Waals surface area contributed by atoms with Gasteiger partial charge in [0.05, 0.1) is 11.1 Å². The molecule has 0 saturated carbocycles. The van der Waals surface area contributed by atoms with E-state index in [2.05, 4.69) is 15.6 Å². The average molecular weight is 278 g/mol. The van der Waals surface area contributed by atoms with Crippen LogP contribution in [0.2, 0.25) is 0 Å². The van der Waals surface area contributed by atoms with Gasteiger partial charge in [-0.2, -0.15) is 0 Å². The van der Waals surface area contributed by atoms with Crippen LogP contribution in [0.15, 0.2) is 6.20 Å². The van der Waals surface area contributed by atoms with Gasteiger partial charge in [0.25, 0.3) is 0 Å². The van der Waals surface area contributed by atoms with Gasteiger partial charge in [0.1, 0.15) is 0 Å². The standard InChI is InChI=1S/C10H15N3O2S.ClH/c1-6(4-11-3)9(15)13-10-12-5-8(16-10)7(2)14;/h5-6,11H,4H2,1-3H3,(H,12,13,15);1H. The van der Waals surface area contributed by atoms with Gasteiger partial charge >= 0.3 is 0 Å². The Balaban J connectivity index is 0.00000256. The molecule has 1 aromatic rings. The molecule has 1 unspecified atom stereocenters. The van der Waals surface area contributed by atoms with Gasteiger partial charge < -0.3 is 10.6 Å². The molecule has 5 nitrogen and oxygen atoms in total. The Bertz CT molecular complexity index is 395. The number of nitrogens with zero attached hydrogens (tertiary/aromatic N) is 1. The lowest BCUT2D eigenvalue weighted by Crippen LogP contribution is -2.28. The third-order valence-electron chi connectivity index (χ3n) is 2.04. The van der Waals surface area contributed by atoms with Crippen LogP contribution in [0.3, 0.4) is 0 Å². The molecule has 0 radical (unpaired) electrons. The highest BCUT2D eigenvalue weighted by molar-refractivity contribution is 7.17. The van der Waals surface area contributed by atoms with E-state index in [-0.39, 0.29) is 30.0 Å². The molecule has 17 heavy (non-hydrogen) atoms. The smallest absolute Gasteiger partial charge is 0.230 e. The van der Waals surface area contributed by atoms with E-state index in [9.17, 15) is 9.59 Å². The van der Waals surface area contributed by atoms with E-state index in [1.807, 2.05) is 6.92 Å². The number of halogens is 1. The van der Waals surface area contributed by atoms with Crippen molar-refractivity contribution in [3.8, 4) is 0 Å². The summed E-state index contributed by atoms with van der Waals surface area (Å²) in [6.45, 7) is 3.91. The van der Waals surface area contributed by atoms with Crippen molar-refractivity contribution in [1.82, 2.24) is 10.3 Å². The molecule has 0 aromatic carbocycles. The number of hydrogen-bond donors (Lipinski definition) is 2. The minimum atomic E-state index is -0.130. The van der Waals surface area contributed by atoms with E-state index in [0.717, 1.165) is 0 Å². The molecule has 1 rings (SSSR count). The van der Waals surface area contributed by atoms with Crippen molar-refractivity contribution in [1.29, 1.82) is 0 Å². The molecular weight excluding hydrogens is 262 g/mol. The van der Waals surface area contributed by atoms with E-state index < -0.39 is 0 Å². The minimum Gasteiger partial charge on any atom is -0.319 e. The number of carbonyl (C=O) groups excluding carboxylic acids is 2. The Morgan fingerprint density at radius 1 is 1.53 bits per heavy atom. The summed E-state index contributed by atoms with van der Waals surface area (Å²) in [6.07, 6.45) is 1.48. The summed E-state index contributed by atoms with van der Waals surface area (Å²) in [7, 11) is 1.79. The third-order valence-corrected chi connectivity index (χ3v) is 3.05. The van der Waals surface area contributed by atoms with Crippen LogP contribution in [-0.2, 0) is 4.79 Å². The summed E-state index contributed by atoms with van der Waals surface area (Å²) < 4.78 is 0. The zero-order valence-electron chi connectivity index (χ0n) is 9.94. The largest absolute Gasteiger partial charge is 0.319 e. The molecule has 0 saturated heterocycles. The Morgan fingerprint density at radius 2 is 2.18 bits per heavy atom. The predicted octanol–water partition coefficient (Wildman–Crippen LogP) is 1.56. The second-order valence-corrected chi connectivity index (χ2v) is 4.56. The zero-order chi connectivity index (χ0) is 12.1. The van der Waals surface area contributed by atoms with E-state index in [1.165, 1.54) is 24.5 Å². The van der Waals surface area contributed by atoms with Crippen molar-refractivity contribution in [2.75, 3.05) is 18.9 Å². The van der Waals surface area contributed by atoms with Gasteiger partial charge in [-0.1, -0.05) is 18.3 Å². The van der Waals surface area contributed by atoms with Crippen LogP contribution in [0, 0.1) is 5.92 Å². The van der Waals surface area contributed by atoms with Gasteiger partial charge in [0.15, 0.2) is 10.9 Å². The van der Waals surface area contributed by atoms with E-state index >= 15 is 0 Å². The summed E-state index contributed by atoms with van der Waals surface area (Å²) in [5, 5.41) is 6.07. The summed E-state index contributed by atoms with van der Waals surface area (Å²) in [5.74, 6) is -0.269. The van der Waals surface area contributed by atoms with Crippen LogP contribution in [-0.4, -0.2) is 30.3 Å². The van der Waals surface area contributed by atoms with Crippen LogP contribution >= 0.6 is 23.7 Å². The number of rotatable bonds is 5. The molecule has 0 bridgehead atoms. The highest BCUT2D eigenvalue weighted by Gasteiger charge is 2.14. The zero-order valence-corrected chi connectivity index (χ0v) is 11.6. The van der Waals surface area contributed by atoms with Crippen molar-refractivity contribution in [2.24, 2.45) is 5.92 Å². The predicted molar refractivity (Wildman–Crippen MR) is 71.1 cm³/mol. The molecule has 0 spiro atoms. The van der Waals surface area contributed by atoms with Crippen LogP contribution in [0.1, 0.15) is 23.5 Å². The molecule has 2 N–H and O–H groups in total. The van der Waals surface area contributed by atoms with E-state index in [0.29, 0.717) is 16.6 Å². The maximum atomic E-state index is 11.6. The molecule has 1 heterocycles. The third kappa shape index (κ3) is 4.80. The quantitative estimate of drug-likeness (QED) is 0.802. The number of Topliss-reactive ketones (excluding diaryl/α,β-unsaturated/α-hetero) is 1. The molecule has 0 fully saturated rings. The number of hydrogen-bond acceptors (Lipinski definition) is 5. The number of carbonyl (C=O) groups is 2.